The van der Waals surface area contributed by atoms with Gasteiger partial charge in [-0.1, -0.05) is 24.3 Å². The van der Waals surface area contributed by atoms with Crippen LogP contribution in [0.4, 0.5) is 11.4 Å². The molecule has 0 radical (unpaired) electrons. The topological polar surface area (TPSA) is 107 Å². The molecule has 8 nitrogen and oxygen atoms in total. The van der Waals surface area contributed by atoms with E-state index in [1.807, 2.05) is 0 Å². The highest BCUT2D eigenvalue weighted by atomic mass is 16.6. The zero-order valence-corrected chi connectivity index (χ0v) is 15.1. The van der Waals surface area contributed by atoms with Gasteiger partial charge in [-0.05, 0) is 32.9 Å². The van der Waals surface area contributed by atoms with Gasteiger partial charge in [0.05, 0.1) is 27.6 Å². The van der Waals surface area contributed by atoms with Gasteiger partial charge in [-0.2, -0.15) is 5.10 Å². The largest absolute Gasteiger partial charge is 0.320 e. The summed E-state index contributed by atoms with van der Waals surface area (Å²) in [6.45, 7) is 5.17. The van der Waals surface area contributed by atoms with E-state index in [1.165, 1.54) is 16.8 Å². The molecular weight excluding hydrogens is 348 g/mol. The number of amides is 1. The molecule has 0 aliphatic carbocycles. The molecule has 1 aromatic heterocycles. The second-order valence-corrected chi connectivity index (χ2v) is 6.40. The first-order valence-electron chi connectivity index (χ1n) is 8.38. The zero-order valence-electron chi connectivity index (χ0n) is 15.1. The summed E-state index contributed by atoms with van der Waals surface area (Å²) in [5, 5.41) is 18.8. The Morgan fingerprint density at radius 3 is 2.44 bits per heavy atom. The number of nitrogens with zero attached hydrogens (tertiary/aromatic N) is 3. The Labute approximate surface area is 154 Å². The van der Waals surface area contributed by atoms with Gasteiger partial charge in [0.15, 0.2) is 5.69 Å². The molecule has 0 atom stereocenters. The Kier molecular flexibility index (Phi) is 4.72. The first-order chi connectivity index (χ1) is 12.8. The van der Waals surface area contributed by atoms with E-state index in [1.54, 1.807) is 51.1 Å². The number of carbonyl (C=O) groups is 1. The van der Waals surface area contributed by atoms with Crippen molar-refractivity contribution in [2.75, 3.05) is 5.32 Å². The number of nitro groups is 1. The first kappa shape index (κ1) is 18.2. The van der Waals surface area contributed by atoms with Crippen molar-refractivity contribution in [3.63, 3.8) is 0 Å². The summed E-state index contributed by atoms with van der Waals surface area (Å²) in [6, 6.07) is 11.0. The summed E-state index contributed by atoms with van der Waals surface area (Å²) >= 11 is 0. The van der Waals surface area contributed by atoms with E-state index in [9.17, 15) is 19.7 Å². The molecule has 3 aromatic rings. The third-order valence-electron chi connectivity index (χ3n) is 4.28. The summed E-state index contributed by atoms with van der Waals surface area (Å²) < 4.78 is 1.26. The number of aromatic nitrogens is 2. The van der Waals surface area contributed by atoms with Crippen molar-refractivity contribution in [3.8, 4) is 0 Å². The lowest BCUT2D eigenvalue weighted by Gasteiger charge is -2.14. The SMILES string of the molecule is Cc1c(NC(=O)c2nn(C(C)C)c(=O)c3ccccc23)cccc1[N+](=O)[O-]. The maximum absolute atomic E-state index is 12.9. The number of anilines is 1. The second kappa shape index (κ2) is 6.99. The van der Waals surface area contributed by atoms with Gasteiger partial charge in [-0.3, -0.25) is 19.7 Å². The van der Waals surface area contributed by atoms with Crippen molar-refractivity contribution in [1.82, 2.24) is 9.78 Å². The number of fused-ring (bicyclic) bond motifs is 1. The van der Waals surface area contributed by atoms with Gasteiger partial charge in [0.25, 0.3) is 17.2 Å². The van der Waals surface area contributed by atoms with Gasteiger partial charge in [0, 0.05) is 11.5 Å². The Balaban J connectivity index is 2.12. The summed E-state index contributed by atoms with van der Waals surface area (Å²) in [5.74, 6) is -0.538. The van der Waals surface area contributed by atoms with E-state index in [-0.39, 0.29) is 23.0 Å². The fourth-order valence-corrected chi connectivity index (χ4v) is 2.86. The molecule has 0 aliphatic heterocycles. The smallest absolute Gasteiger partial charge is 0.276 e. The number of carbonyl (C=O) groups excluding carboxylic acids is 1. The molecular formula is C19H18N4O4. The average molecular weight is 366 g/mol. The molecule has 2 aromatic carbocycles. The van der Waals surface area contributed by atoms with Crippen molar-refractivity contribution in [2.45, 2.75) is 26.8 Å². The molecule has 8 heteroatoms. The molecule has 1 N–H and O–H groups in total. The maximum Gasteiger partial charge on any atom is 0.276 e. The van der Waals surface area contributed by atoms with Crippen molar-refractivity contribution in [2.24, 2.45) is 0 Å². The van der Waals surface area contributed by atoms with Crippen LogP contribution in [0, 0.1) is 17.0 Å². The Hall–Kier alpha value is -3.55. The molecule has 0 aliphatic rings. The van der Waals surface area contributed by atoms with E-state index in [0.29, 0.717) is 22.0 Å². The Morgan fingerprint density at radius 1 is 1.15 bits per heavy atom. The maximum atomic E-state index is 12.9. The molecule has 0 saturated carbocycles. The van der Waals surface area contributed by atoms with Crippen LogP contribution in [0.15, 0.2) is 47.3 Å². The Morgan fingerprint density at radius 2 is 1.81 bits per heavy atom. The van der Waals surface area contributed by atoms with Gasteiger partial charge < -0.3 is 5.32 Å². The number of nitrogens with one attached hydrogen (secondary N) is 1. The number of nitro benzene ring substituents is 1. The molecule has 1 heterocycles. The lowest BCUT2D eigenvalue weighted by molar-refractivity contribution is -0.385. The lowest BCUT2D eigenvalue weighted by atomic mass is 10.1. The summed E-state index contributed by atoms with van der Waals surface area (Å²) in [7, 11) is 0. The van der Waals surface area contributed by atoms with E-state index in [0.717, 1.165) is 0 Å². The number of benzene rings is 2. The quantitative estimate of drug-likeness (QED) is 0.562. The van der Waals surface area contributed by atoms with E-state index in [4.69, 9.17) is 0 Å². The van der Waals surface area contributed by atoms with Crippen LogP contribution < -0.4 is 10.9 Å². The van der Waals surface area contributed by atoms with Crippen molar-refractivity contribution >= 4 is 28.1 Å². The lowest BCUT2D eigenvalue weighted by Crippen LogP contribution is -2.29. The third-order valence-corrected chi connectivity index (χ3v) is 4.28. The highest BCUT2D eigenvalue weighted by molar-refractivity contribution is 6.11. The Bertz CT molecular complexity index is 1120. The fraction of sp³-hybridized carbons (Fsp3) is 0.211. The van der Waals surface area contributed by atoms with Gasteiger partial charge in [-0.15, -0.1) is 0 Å². The summed E-state index contributed by atoms with van der Waals surface area (Å²) in [6.07, 6.45) is 0. The minimum absolute atomic E-state index is 0.0854. The standard InChI is InChI=1S/C19H18N4O4/c1-11(2)22-19(25)14-8-5-4-7-13(14)17(21-22)18(24)20-15-9-6-10-16(12(15)3)23(26)27/h4-11H,1-3H3,(H,20,24). The number of hydrogen-bond donors (Lipinski definition) is 1. The van der Waals surface area contributed by atoms with Crippen LogP contribution in [-0.2, 0) is 0 Å². The molecule has 138 valence electrons. The van der Waals surface area contributed by atoms with Crippen LogP contribution in [0.5, 0.6) is 0 Å². The van der Waals surface area contributed by atoms with Crippen LogP contribution in [0.2, 0.25) is 0 Å². The van der Waals surface area contributed by atoms with E-state index in [2.05, 4.69) is 10.4 Å². The molecule has 1 amide bonds. The summed E-state index contributed by atoms with van der Waals surface area (Å²) in [5.41, 5.74) is 0.394. The van der Waals surface area contributed by atoms with Crippen LogP contribution >= 0.6 is 0 Å². The van der Waals surface area contributed by atoms with Crippen LogP contribution in [-0.4, -0.2) is 20.6 Å². The molecule has 27 heavy (non-hydrogen) atoms. The minimum Gasteiger partial charge on any atom is -0.320 e. The van der Waals surface area contributed by atoms with Gasteiger partial charge >= 0.3 is 0 Å². The van der Waals surface area contributed by atoms with Crippen LogP contribution in [0.3, 0.4) is 0 Å². The minimum atomic E-state index is -0.538. The van der Waals surface area contributed by atoms with Crippen molar-refractivity contribution in [1.29, 1.82) is 0 Å². The molecule has 0 bridgehead atoms. The van der Waals surface area contributed by atoms with Gasteiger partial charge in [-0.25, -0.2) is 4.68 Å². The van der Waals surface area contributed by atoms with Crippen LogP contribution in [0.25, 0.3) is 10.8 Å². The van der Waals surface area contributed by atoms with E-state index >= 15 is 0 Å². The summed E-state index contributed by atoms with van der Waals surface area (Å²) in [4.78, 5) is 36.1. The molecule has 0 spiro atoms. The predicted octanol–water partition coefficient (Wildman–Crippen LogP) is 3.45. The molecule has 0 fully saturated rings. The fourth-order valence-electron chi connectivity index (χ4n) is 2.86. The van der Waals surface area contributed by atoms with Crippen molar-refractivity contribution < 1.29 is 9.72 Å². The van der Waals surface area contributed by atoms with Gasteiger partial charge in [0.1, 0.15) is 0 Å². The first-order valence-corrected chi connectivity index (χ1v) is 8.38. The van der Waals surface area contributed by atoms with Crippen LogP contribution in [0.1, 0.15) is 35.9 Å². The predicted molar refractivity (Wildman–Crippen MR) is 102 cm³/mol. The van der Waals surface area contributed by atoms with Crippen molar-refractivity contribution in [3.05, 3.63) is 74.2 Å². The zero-order chi connectivity index (χ0) is 19.7. The van der Waals surface area contributed by atoms with Gasteiger partial charge in [0.2, 0.25) is 0 Å². The second-order valence-electron chi connectivity index (χ2n) is 6.40. The number of hydrogen-bond acceptors (Lipinski definition) is 5. The highest BCUT2D eigenvalue weighted by Gasteiger charge is 2.20. The normalized spacial score (nSPS) is 11.0. The third kappa shape index (κ3) is 3.29. The molecule has 0 unspecified atom stereocenters. The molecule has 0 saturated heterocycles. The monoisotopic (exact) mass is 366 g/mol. The highest BCUT2D eigenvalue weighted by Crippen LogP contribution is 2.26. The van der Waals surface area contributed by atoms with E-state index < -0.39 is 10.8 Å². The number of rotatable bonds is 4. The molecule has 3 rings (SSSR count). The average Bonchev–Trinajstić information content (AvgIpc) is 2.63.